The summed E-state index contributed by atoms with van der Waals surface area (Å²) in [7, 11) is 0. The number of hydrogen-bond donors (Lipinski definition) is 1. The second-order valence-corrected chi connectivity index (χ2v) is 4.39. The monoisotopic (exact) mass is 304 g/mol. The fraction of sp³-hybridized carbons (Fsp3) is 0.143. The zero-order valence-electron chi connectivity index (χ0n) is 9.77. The number of hydrogen-bond acceptors (Lipinski definition) is 2. The van der Waals surface area contributed by atoms with Crippen molar-refractivity contribution in [1.29, 1.82) is 0 Å². The van der Waals surface area contributed by atoms with Gasteiger partial charge in [0.2, 0.25) is 0 Å². The van der Waals surface area contributed by atoms with E-state index >= 15 is 0 Å². The van der Waals surface area contributed by atoms with Crippen molar-refractivity contribution in [2.24, 2.45) is 0 Å². The van der Waals surface area contributed by atoms with E-state index < -0.39 is 0 Å². The molecule has 0 unspecified atom stereocenters. The molecule has 0 aliphatic heterocycles. The van der Waals surface area contributed by atoms with Gasteiger partial charge >= 0.3 is 0 Å². The van der Waals surface area contributed by atoms with Crippen LogP contribution in [0, 0.1) is 0 Å². The van der Waals surface area contributed by atoms with E-state index in [0.29, 0.717) is 17.4 Å². The van der Waals surface area contributed by atoms with Crippen LogP contribution in [-0.4, -0.2) is 10.9 Å². The third-order valence-electron chi connectivity index (χ3n) is 2.61. The largest absolute Gasteiger partial charge is 0.348 e. The summed E-state index contributed by atoms with van der Waals surface area (Å²) in [5, 5.41) is 3.57. The molecular formula is C14H13BrN2O. The number of carbonyl (C=O) groups is 1. The molecule has 0 bridgehead atoms. The summed E-state index contributed by atoms with van der Waals surface area (Å²) in [6.45, 7) is 0.512. The number of alkyl halides is 1. The molecule has 2 rings (SSSR count). The van der Waals surface area contributed by atoms with E-state index in [-0.39, 0.29) is 5.91 Å². The van der Waals surface area contributed by atoms with Crippen LogP contribution < -0.4 is 5.32 Å². The Balaban J connectivity index is 2.04. The van der Waals surface area contributed by atoms with Crippen LogP contribution >= 0.6 is 15.9 Å². The Morgan fingerprint density at radius 2 is 1.89 bits per heavy atom. The normalized spacial score (nSPS) is 10.1. The molecule has 1 heterocycles. The number of benzene rings is 1. The van der Waals surface area contributed by atoms with Crippen molar-refractivity contribution in [3.63, 3.8) is 0 Å². The van der Waals surface area contributed by atoms with E-state index in [9.17, 15) is 4.79 Å². The minimum atomic E-state index is -0.0538. The van der Waals surface area contributed by atoms with E-state index in [2.05, 4.69) is 26.2 Å². The standard InChI is InChI=1S/C14H13BrN2O/c15-9-12-3-1-2-4-13(12)14(18)17-10-11-5-7-16-8-6-11/h1-8H,9-10H2,(H,17,18). The van der Waals surface area contributed by atoms with Gasteiger partial charge in [0.05, 0.1) is 0 Å². The number of amides is 1. The van der Waals surface area contributed by atoms with Gasteiger partial charge in [0.15, 0.2) is 0 Å². The predicted molar refractivity (Wildman–Crippen MR) is 74.5 cm³/mol. The molecular weight excluding hydrogens is 292 g/mol. The lowest BCUT2D eigenvalue weighted by Gasteiger charge is -2.08. The zero-order valence-corrected chi connectivity index (χ0v) is 11.4. The molecule has 18 heavy (non-hydrogen) atoms. The Bertz CT molecular complexity index is 528. The lowest BCUT2D eigenvalue weighted by Crippen LogP contribution is -2.23. The molecule has 0 saturated heterocycles. The Morgan fingerprint density at radius 3 is 2.61 bits per heavy atom. The number of aromatic nitrogens is 1. The maximum absolute atomic E-state index is 12.1. The molecule has 0 radical (unpaired) electrons. The summed E-state index contributed by atoms with van der Waals surface area (Å²) < 4.78 is 0. The first-order valence-corrected chi connectivity index (χ1v) is 6.74. The topological polar surface area (TPSA) is 42.0 Å². The molecule has 2 aromatic rings. The van der Waals surface area contributed by atoms with Gasteiger partial charge in [-0.05, 0) is 29.3 Å². The van der Waals surface area contributed by atoms with Gasteiger partial charge in [0.1, 0.15) is 0 Å². The van der Waals surface area contributed by atoms with Crippen molar-refractivity contribution in [1.82, 2.24) is 10.3 Å². The van der Waals surface area contributed by atoms with Crippen molar-refractivity contribution in [2.75, 3.05) is 0 Å². The first-order valence-electron chi connectivity index (χ1n) is 5.62. The zero-order chi connectivity index (χ0) is 12.8. The van der Waals surface area contributed by atoms with Crippen molar-refractivity contribution in [2.45, 2.75) is 11.9 Å². The summed E-state index contributed by atoms with van der Waals surface area (Å²) in [6.07, 6.45) is 3.43. The first-order chi connectivity index (χ1) is 8.81. The molecule has 1 N–H and O–H groups in total. The molecule has 0 aliphatic carbocycles. The molecule has 0 saturated carbocycles. The molecule has 1 amide bonds. The second-order valence-electron chi connectivity index (χ2n) is 3.83. The third-order valence-corrected chi connectivity index (χ3v) is 3.21. The highest BCUT2D eigenvalue weighted by atomic mass is 79.9. The Kier molecular flexibility index (Phi) is 4.47. The molecule has 3 nitrogen and oxygen atoms in total. The molecule has 4 heteroatoms. The maximum atomic E-state index is 12.1. The van der Waals surface area contributed by atoms with Gasteiger partial charge in [0, 0.05) is 29.8 Å². The number of nitrogens with zero attached hydrogens (tertiary/aromatic N) is 1. The van der Waals surface area contributed by atoms with E-state index in [1.54, 1.807) is 12.4 Å². The minimum absolute atomic E-state index is 0.0538. The van der Waals surface area contributed by atoms with Crippen molar-refractivity contribution in [3.8, 4) is 0 Å². The molecule has 0 spiro atoms. The number of carbonyl (C=O) groups excluding carboxylic acids is 1. The fourth-order valence-corrected chi connectivity index (χ4v) is 2.13. The predicted octanol–water partition coefficient (Wildman–Crippen LogP) is 2.91. The highest BCUT2D eigenvalue weighted by Crippen LogP contribution is 2.12. The summed E-state index contributed by atoms with van der Waals surface area (Å²) in [5.74, 6) is -0.0538. The van der Waals surface area contributed by atoms with Crippen LogP contribution in [0.3, 0.4) is 0 Å². The van der Waals surface area contributed by atoms with Gasteiger partial charge in [-0.1, -0.05) is 34.1 Å². The van der Waals surface area contributed by atoms with E-state index in [0.717, 1.165) is 11.1 Å². The summed E-state index contributed by atoms with van der Waals surface area (Å²) >= 11 is 3.38. The van der Waals surface area contributed by atoms with Crippen molar-refractivity contribution >= 4 is 21.8 Å². The number of rotatable bonds is 4. The van der Waals surface area contributed by atoms with Gasteiger partial charge in [-0.25, -0.2) is 0 Å². The van der Waals surface area contributed by atoms with Crippen molar-refractivity contribution in [3.05, 3.63) is 65.5 Å². The SMILES string of the molecule is O=C(NCc1ccncc1)c1ccccc1CBr. The number of pyridine rings is 1. The van der Waals surface area contributed by atoms with Crippen LogP contribution in [0.2, 0.25) is 0 Å². The Hall–Kier alpha value is -1.68. The van der Waals surface area contributed by atoms with Crippen LogP contribution in [0.4, 0.5) is 0 Å². The first kappa shape index (κ1) is 12.8. The smallest absolute Gasteiger partial charge is 0.251 e. The van der Waals surface area contributed by atoms with Crippen LogP contribution in [0.1, 0.15) is 21.5 Å². The lowest BCUT2D eigenvalue weighted by atomic mass is 10.1. The minimum Gasteiger partial charge on any atom is -0.348 e. The average Bonchev–Trinajstić information content (AvgIpc) is 2.45. The number of nitrogens with one attached hydrogen (secondary N) is 1. The third kappa shape index (κ3) is 3.17. The van der Waals surface area contributed by atoms with Crippen LogP contribution in [-0.2, 0) is 11.9 Å². The van der Waals surface area contributed by atoms with Gasteiger partial charge in [-0.2, -0.15) is 0 Å². The number of halogens is 1. The molecule has 1 aromatic carbocycles. The highest BCUT2D eigenvalue weighted by molar-refractivity contribution is 9.08. The van der Waals surface area contributed by atoms with Crippen molar-refractivity contribution < 1.29 is 4.79 Å². The highest BCUT2D eigenvalue weighted by Gasteiger charge is 2.09. The second kappa shape index (κ2) is 6.31. The summed E-state index contributed by atoms with van der Waals surface area (Å²) in [6, 6.07) is 11.3. The molecule has 92 valence electrons. The van der Waals surface area contributed by atoms with Gasteiger partial charge < -0.3 is 5.32 Å². The average molecular weight is 305 g/mol. The van der Waals surface area contributed by atoms with Gasteiger partial charge in [-0.15, -0.1) is 0 Å². The summed E-state index contributed by atoms with van der Waals surface area (Å²) in [4.78, 5) is 16.0. The van der Waals surface area contributed by atoms with Crippen LogP contribution in [0.25, 0.3) is 0 Å². The molecule has 0 fully saturated rings. The Labute approximate surface area is 114 Å². The van der Waals surface area contributed by atoms with Gasteiger partial charge in [0.25, 0.3) is 5.91 Å². The molecule has 1 aromatic heterocycles. The Morgan fingerprint density at radius 1 is 1.17 bits per heavy atom. The quantitative estimate of drug-likeness (QED) is 0.883. The van der Waals surface area contributed by atoms with Gasteiger partial charge in [-0.3, -0.25) is 9.78 Å². The van der Waals surface area contributed by atoms with E-state index in [4.69, 9.17) is 0 Å². The lowest BCUT2D eigenvalue weighted by molar-refractivity contribution is 0.0950. The van der Waals surface area contributed by atoms with Crippen LogP contribution in [0.15, 0.2) is 48.8 Å². The maximum Gasteiger partial charge on any atom is 0.251 e. The van der Waals surface area contributed by atoms with E-state index in [1.807, 2.05) is 36.4 Å². The fourth-order valence-electron chi connectivity index (χ4n) is 1.64. The van der Waals surface area contributed by atoms with E-state index in [1.165, 1.54) is 0 Å². The van der Waals surface area contributed by atoms with Crippen LogP contribution in [0.5, 0.6) is 0 Å². The summed E-state index contributed by atoms with van der Waals surface area (Å²) in [5.41, 5.74) is 2.74. The molecule has 0 aliphatic rings. The molecule has 0 atom stereocenters.